The average Bonchev–Trinajstić information content (AvgIpc) is 3.31. The van der Waals surface area contributed by atoms with Crippen molar-refractivity contribution in [1.29, 1.82) is 0 Å². The first-order valence-electron chi connectivity index (χ1n) is 17.3. The molecule has 0 aliphatic heterocycles. The third-order valence-corrected chi connectivity index (χ3v) is 14.9. The number of nitrogens with one attached hydrogen (secondary N) is 1. The second-order valence-electron chi connectivity index (χ2n) is 17.0. The second-order valence-corrected chi connectivity index (χ2v) is 17.0. The highest BCUT2D eigenvalue weighted by Crippen LogP contribution is 2.77. The molecule has 0 saturated heterocycles. The van der Waals surface area contributed by atoms with E-state index in [4.69, 9.17) is 4.74 Å². The lowest BCUT2D eigenvalue weighted by Gasteiger charge is -2.73. The number of rotatable bonds is 7. The molecule has 238 valence electrons. The lowest BCUT2D eigenvalue weighted by molar-refractivity contribution is -0.250. The Morgan fingerprint density at radius 3 is 2.21 bits per heavy atom. The molecule has 0 heterocycles. The fraction of sp³-hybridized carbons (Fsp3) is 0.917. The summed E-state index contributed by atoms with van der Waals surface area (Å²) in [5, 5.41) is 12.2. The lowest BCUT2D eigenvalue weighted by Crippen LogP contribution is -2.67. The zero-order valence-corrected chi connectivity index (χ0v) is 27.8. The Hall–Kier alpha value is -1.59. The van der Waals surface area contributed by atoms with Crippen molar-refractivity contribution in [3.05, 3.63) is 0 Å². The normalized spacial score (nSPS) is 45.6. The van der Waals surface area contributed by atoms with Crippen molar-refractivity contribution in [2.24, 2.45) is 62.6 Å². The minimum absolute atomic E-state index is 0.000684. The fourth-order valence-electron chi connectivity index (χ4n) is 12.7. The molecule has 5 aliphatic carbocycles. The van der Waals surface area contributed by atoms with E-state index in [2.05, 4.69) is 53.8 Å². The highest BCUT2D eigenvalue weighted by molar-refractivity contribution is 5.86. The maximum Gasteiger partial charge on any atom is 0.322 e. The van der Waals surface area contributed by atoms with Crippen molar-refractivity contribution in [3.63, 3.8) is 0 Å². The predicted octanol–water partition coefficient (Wildman–Crippen LogP) is 7.64. The summed E-state index contributed by atoms with van der Waals surface area (Å²) in [7, 11) is 0. The number of carboxylic acids is 1. The summed E-state index contributed by atoms with van der Waals surface area (Å²) in [6, 6.07) is 0. The van der Waals surface area contributed by atoms with Crippen LogP contribution in [0.4, 0.5) is 0 Å². The number of aliphatic carboxylic acids is 1. The predicted molar refractivity (Wildman–Crippen MR) is 164 cm³/mol. The molecule has 10 atom stereocenters. The number of carbonyl (C=O) groups excluding carboxylic acids is 2. The van der Waals surface area contributed by atoms with Gasteiger partial charge in [0.1, 0.15) is 12.6 Å². The van der Waals surface area contributed by atoms with E-state index >= 15 is 0 Å². The molecular formula is C36H59NO5. The second kappa shape index (κ2) is 10.8. The summed E-state index contributed by atoms with van der Waals surface area (Å²) in [6.45, 7) is 18.9. The third kappa shape index (κ3) is 4.49. The Labute approximate surface area is 254 Å². The van der Waals surface area contributed by atoms with Crippen molar-refractivity contribution < 1.29 is 24.2 Å². The summed E-state index contributed by atoms with van der Waals surface area (Å²) in [5.74, 6) is 1.95. The first-order chi connectivity index (χ1) is 19.6. The van der Waals surface area contributed by atoms with E-state index in [-0.39, 0.29) is 46.2 Å². The molecule has 3 unspecified atom stereocenters. The zero-order chi connectivity index (χ0) is 30.9. The van der Waals surface area contributed by atoms with Crippen LogP contribution >= 0.6 is 0 Å². The van der Waals surface area contributed by atoms with Crippen molar-refractivity contribution in [2.75, 3.05) is 6.54 Å². The molecule has 0 bridgehead atoms. The molecule has 6 heteroatoms. The van der Waals surface area contributed by atoms with E-state index in [9.17, 15) is 19.5 Å². The van der Waals surface area contributed by atoms with Crippen molar-refractivity contribution >= 4 is 17.8 Å². The molecule has 6 nitrogen and oxygen atoms in total. The van der Waals surface area contributed by atoms with Gasteiger partial charge in [-0.1, -0.05) is 55.4 Å². The Kier molecular flexibility index (Phi) is 8.17. The molecule has 5 fully saturated rings. The van der Waals surface area contributed by atoms with Gasteiger partial charge in [0.15, 0.2) is 0 Å². The van der Waals surface area contributed by atoms with Crippen LogP contribution in [0.15, 0.2) is 0 Å². The number of hydrogen-bond donors (Lipinski definition) is 2. The molecule has 0 radical (unpaired) electrons. The van der Waals surface area contributed by atoms with Gasteiger partial charge in [0.2, 0.25) is 5.91 Å². The lowest BCUT2D eigenvalue weighted by atomic mass is 9.32. The molecule has 5 saturated carbocycles. The molecule has 0 aromatic carbocycles. The van der Waals surface area contributed by atoms with Crippen LogP contribution in [0.1, 0.15) is 132 Å². The van der Waals surface area contributed by atoms with E-state index in [1.54, 1.807) is 0 Å². The summed E-state index contributed by atoms with van der Waals surface area (Å²) in [6.07, 6.45) is 12.0. The molecule has 42 heavy (non-hydrogen) atoms. The van der Waals surface area contributed by atoms with Crippen molar-refractivity contribution in [1.82, 2.24) is 5.32 Å². The quantitative estimate of drug-likeness (QED) is 0.300. The number of esters is 1. The first kappa shape index (κ1) is 31.8. The van der Waals surface area contributed by atoms with Gasteiger partial charge in [0.25, 0.3) is 0 Å². The molecule has 2 N–H and O–H groups in total. The minimum Gasteiger partial charge on any atom is -0.480 e. The minimum atomic E-state index is -0.967. The SMILES string of the molecule is CCCC(=O)O[C@H]1CC[C@@]2(C)C(CC[C@]3(C)C2CCC2[C@@H]4[C@H](C(C)C)CC[C@]4(C(=O)NCC(=O)O)CC[C@]23C)C1(C)C. The largest absolute Gasteiger partial charge is 0.480 e. The van der Waals surface area contributed by atoms with Crippen LogP contribution in [-0.4, -0.2) is 35.6 Å². The standard InChI is InChI=1S/C36H59NO5/c1-9-10-29(40)42-27-15-16-33(6)25(32(27,4)5)14-17-35(8)26(33)12-11-24-30-23(22(2)3)13-18-36(30,20-19-34(24,35)7)31(41)37-21-28(38)39/h22-27,30H,9-21H2,1-8H3,(H,37,41)(H,38,39)/t23-,24?,25?,26?,27-,30-,33-,34+,35+,36-/m0/s1. The molecule has 5 aliphatic rings. The number of ether oxygens (including phenoxy) is 1. The van der Waals surface area contributed by atoms with Gasteiger partial charge in [0.05, 0.1) is 5.41 Å². The molecule has 5 rings (SSSR count). The van der Waals surface area contributed by atoms with Gasteiger partial charge in [-0.05, 0) is 122 Å². The van der Waals surface area contributed by atoms with Gasteiger partial charge in [0, 0.05) is 11.8 Å². The van der Waals surface area contributed by atoms with E-state index in [1.165, 1.54) is 19.3 Å². The average molecular weight is 586 g/mol. The topological polar surface area (TPSA) is 92.7 Å². The number of amides is 1. The Morgan fingerprint density at radius 2 is 1.57 bits per heavy atom. The van der Waals surface area contributed by atoms with Crippen LogP contribution in [0, 0.1) is 62.6 Å². The summed E-state index contributed by atoms with van der Waals surface area (Å²) < 4.78 is 6.14. The van der Waals surface area contributed by atoms with Crippen LogP contribution in [0.3, 0.4) is 0 Å². The fourth-order valence-corrected chi connectivity index (χ4v) is 12.7. The highest BCUT2D eigenvalue weighted by Gasteiger charge is 2.72. The summed E-state index contributed by atoms with van der Waals surface area (Å²) in [5.41, 5.74) is 0.0710. The molecule has 0 aromatic rings. The van der Waals surface area contributed by atoms with Crippen LogP contribution < -0.4 is 5.32 Å². The van der Waals surface area contributed by atoms with Crippen LogP contribution in [0.25, 0.3) is 0 Å². The van der Waals surface area contributed by atoms with E-state index in [0.717, 1.165) is 51.4 Å². The Bertz CT molecular complexity index is 1080. The number of carbonyl (C=O) groups is 3. The third-order valence-electron chi connectivity index (χ3n) is 14.9. The van der Waals surface area contributed by atoms with Gasteiger partial charge in [-0.2, -0.15) is 0 Å². The maximum atomic E-state index is 13.9. The van der Waals surface area contributed by atoms with Crippen LogP contribution in [0.2, 0.25) is 0 Å². The molecule has 0 spiro atoms. The van der Waals surface area contributed by atoms with Gasteiger partial charge >= 0.3 is 11.9 Å². The highest BCUT2D eigenvalue weighted by atomic mass is 16.5. The maximum absolute atomic E-state index is 13.9. The van der Waals surface area contributed by atoms with E-state index < -0.39 is 11.4 Å². The molecule has 0 aromatic heterocycles. The van der Waals surface area contributed by atoms with Crippen LogP contribution in [0.5, 0.6) is 0 Å². The number of hydrogen-bond acceptors (Lipinski definition) is 4. The van der Waals surface area contributed by atoms with Gasteiger partial charge in [-0.25, -0.2) is 0 Å². The molecular weight excluding hydrogens is 526 g/mol. The Balaban J connectivity index is 1.46. The zero-order valence-electron chi connectivity index (χ0n) is 27.8. The van der Waals surface area contributed by atoms with Gasteiger partial charge < -0.3 is 15.2 Å². The Morgan fingerprint density at radius 1 is 0.857 bits per heavy atom. The monoisotopic (exact) mass is 585 g/mol. The van der Waals surface area contributed by atoms with Crippen molar-refractivity contribution in [3.8, 4) is 0 Å². The van der Waals surface area contributed by atoms with Crippen LogP contribution in [-0.2, 0) is 19.1 Å². The number of carboxylic acid groups (broad SMARTS) is 1. The van der Waals surface area contributed by atoms with Gasteiger partial charge in [-0.3, -0.25) is 14.4 Å². The smallest absolute Gasteiger partial charge is 0.322 e. The van der Waals surface area contributed by atoms with E-state index in [0.29, 0.717) is 41.9 Å². The first-order valence-corrected chi connectivity index (χ1v) is 17.3. The van der Waals surface area contributed by atoms with E-state index in [1.807, 2.05) is 6.92 Å². The number of fused-ring (bicyclic) bond motifs is 7. The summed E-state index contributed by atoms with van der Waals surface area (Å²) in [4.78, 5) is 37.8. The molecule has 1 amide bonds. The van der Waals surface area contributed by atoms with Crippen molar-refractivity contribution in [2.45, 2.75) is 139 Å². The van der Waals surface area contributed by atoms with Gasteiger partial charge in [-0.15, -0.1) is 0 Å². The summed E-state index contributed by atoms with van der Waals surface area (Å²) >= 11 is 0.